The van der Waals surface area contributed by atoms with Crippen molar-refractivity contribution < 1.29 is 43.2 Å². The van der Waals surface area contributed by atoms with Gasteiger partial charge in [-0.3, -0.25) is 14.9 Å². The minimum atomic E-state index is -1.79. The van der Waals surface area contributed by atoms with Crippen molar-refractivity contribution in [3.63, 3.8) is 0 Å². The SMILES string of the molecule is C=C(Cl)/C(=C\C1=C/N(C)C(=O)C[C@H](OC(=O)[C@H](C)NC)[C@]2(C)OC2[C@H](C)[C@@H]2C[C@@](O)(NC(=O)O2)[C@H](OC)/C=C/C=C(\C)C1)OC. The van der Waals surface area contributed by atoms with Gasteiger partial charge in [-0.2, -0.15) is 0 Å². The quantitative estimate of drug-likeness (QED) is 0.162. The van der Waals surface area contributed by atoms with Crippen LogP contribution in [0.1, 0.15) is 47.0 Å². The first kappa shape index (κ1) is 36.3. The van der Waals surface area contributed by atoms with Gasteiger partial charge in [0.25, 0.3) is 0 Å². The van der Waals surface area contributed by atoms with E-state index in [0.717, 1.165) is 5.57 Å². The third-order valence-corrected chi connectivity index (χ3v) is 8.70. The molecule has 3 rings (SSSR count). The average Bonchev–Trinajstić information content (AvgIpc) is 3.67. The van der Waals surface area contributed by atoms with Gasteiger partial charge in [-0.25, -0.2) is 4.79 Å². The van der Waals surface area contributed by atoms with E-state index in [-0.39, 0.29) is 23.8 Å². The number of rotatable bonds is 7. The first-order chi connectivity index (χ1) is 21.1. The molecular weight excluding hydrogens is 606 g/mol. The van der Waals surface area contributed by atoms with Crippen molar-refractivity contribution in [3.05, 3.63) is 59.0 Å². The number of methoxy groups -OCH3 is 2. The normalized spacial score (nSPS) is 36.7. The lowest BCUT2D eigenvalue weighted by Crippen LogP contribution is -2.63. The highest BCUT2D eigenvalue weighted by atomic mass is 35.5. The van der Waals surface area contributed by atoms with Crippen LogP contribution in [0.3, 0.4) is 0 Å². The number of epoxide rings is 1. The first-order valence-electron chi connectivity index (χ1n) is 14.8. The highest BCUT2D eigenvalue weighted by molar-refractivity contribution is 6.31. The van der Waals surface area contributed by atoms with Gasteiger partial charge >= 0.3 is 12.1 Å². The molecule has 3 N–H and O–H groups in total. The first-order valence-corrected chi connectivity index (χ1v) is 15.2. The van der Waals surface area contributed by atoms with Gasteiger partial charge in [-0.1, -0.05) is 48.9 Å². The molecule has 12 nitrogen and oxygen atoms in total. The lowest BCUT2D eigenvalue weighted by Gasteiger charge is -2.42. The number of fused-ring (bicyclic) bond motifs is 3. The van der Waals surface area contributed by atoms with Gasteiger partial charge in [-0.15, -0.1) is 0 Å². The number of ether oxygens (including phenoxy) is 5. The molecule has 2 saturated heterocycles. The summed E-state index contributed by atoms with van der Waals surface area (Å²) < 4.78 is 28.6. The van der Waals surface area contributed by atoms with Crippen LogP contribution in [-0.2, 0) is 33.3 Å². The van der Waals surface area contributed by atoms with Crippen molar-refractivity contribution in [2.24, 2.45) is 5.92 Å². The van der Waals surface area contributed by atoms with Crippen LogP contribution in [0.4, 0.5) is 4.79 Å². The number of carbonyl (C=O) groups excluding carboxylic acids is 3. The van der Waals surface area contributed by atoms with Crippen molar-refractivity contribution in [1.82, 2.24) is 15.5 Å². The van der Waals surface area contributed by atoms with Crippen molar-refractivity contribution in [2.45, 2.75) is 88.7 Å². The van der Waals surface area contributed by atoms with Gasteiger partial charge in [-0.05, 0) is 45.9 Å². The molecule has 45 heavy (non-hydrogen) atoms. The van der Waals surface area contributed by atoms with Crippen LogP contribution in [0, 0.1) is 5.92 Å². The second-order valence-electron chi connectivity index (χ2n) is 12.0. The fraction of sp³-hybridized carbons (Fsp3) is 0.594. The van der Waals surface area contributed by atoms with E-state index in [2.05, 4.69) is 17.2 Å². The molecule has 13 heteroatoms. The molecule has 8 atom stereocenters. The van der Waals surface area contributed by atoms with Crippen LogP contribution in [0.15, 0.2) is 59.0 Å². The summed E-state index contributed by atoms with van der Waals surface area (Å²) in [5, 5.41) is 17.1. The van der Waals surface area contributed by atoms with Crippen molar-refractivity contribution in [2.75, 3.05) is 28.3 Å². The summed E-state index contributed by atoms with van der Waals surface area (Å²) in [6.07, 6.45) is 4.70. The molecule has 0 saturated carbocycles. The maximum absolute atomic E-state index is 13.6. The van der Waals surface area contributed by atoms with Crippen LogP contribution in [0.5, 0.6) is 0 Å². The molecule has 0 aromatic carbocycles. The second-order valence-corrected chi connectivity index (χ2v) is 12.4. The monoisotopic (exact) mass is 651 g/mol. The lowest BCUT2D eigenvalue weighted by molar-refractivity contribution is -0.156. The molecule has 2 amide bonds. The number of allylic oxidation sites excluding steroid dienone is 6. The summed E-state index contributed by atoms with van der Waals surface area (Å²) in [6, 6.07) is -0.633. The Bertz CT molecular complexity index is 1280. The molecule has 3 heterocycles. The Balaban J connectivity index is 2.11. The number of halogens is 1. The summed E-state index contributed by atoms with van der Waals surface area (Å²) >= 11 is 6.13. The Morgan fingerprint density at radius 2 is 2.04 bits per heavy atom. The molecule has 0 aliphatic carbocycles. The van der Waals surface area contributed by atoms with Gasteiger partial charge in [0.05, 0.1) is 24.7 Å². The number of amides is 2. The van der Waals surface area contributed by atoms with Gasteiger partial charge in [0.1, 0.15) is 35.7 Å². The number of hydrogen-bond acceptors (Lipinski definition) is 10. The standard InChI is InChI=1S/C32H46ClN3O9/c1-18-11-10-12-25(42-9)32(40)16-24(43-30(39)35-32)19(2)28-31(5,45-28)26(44-29(38)21(4)34-6)15-27(37)36(7)17-22(13-18)14-23(41-8)20(3)33/h10-12,14,17,19,21,24-26,28,34,40H,3,13,15-16H2,1-2,4-9H3,(H,35,39)/b12-10+,18-11+,22-17-,23-14+/t19-,21+,24+,25-,26+,28?,31+,32+/m1/s1. The van der Waals surface area contributed by atoms with E-state index in [0.29, 0.717) is 17.8 Å². The Labute approximate surface area is 270 Å². The summed E-state index contributed by atoms with van der Waals surface area (Å²) in [6.45, 7) is 10.9. The Hall–Kier alpha value is -3.16. The Morgan fingerprint density at radius 1 is 1.36 bits per heavy atom. The number of likely N-dealkylation sites (N-methyl/N-ethyl adjacent to an activating group) is 1. The number of aliphatic hydroxyl groups is 1. The molecule has 0 radical (unpaired) electrons. The fourth-order valence-corrected chi connectivity index (χ4v) is 5.71. The topological polar surface area (TPSA) is 148 Å². The minimum Gasteiger partial charge on any atom is -0.495 e. The molecular formula is C32H46ClN3O9. The molecule has 3 aliphatic rings. The summed E-state index contributed by atoms with van der Waals surface area (Å²) in [7, 11) is 6.14. The zero-order valence-corrected chi connectivity index (χ0v) is 28.0. The zero-order chi connectivity index (χ0) is 33.7. The molecule has 2 bridgehead atoms. The van der Waals surface area contributed by atoms with Gasteiger partial charge < -0.3 is 39.0 Å². The zero-order valence-electron chi connectivity index (χ0n) is 27.2. The third-order valence-electron chi connectivity index (χ3n) is 8.52. The Morgan fingerprint density at radius 3 is 2.64 bits per heavy atom. The lowest BCUT2D eigenvalue weighted by atomic mass is 9.83. The number of nitrogens with one attached hydrogen (secondary N) is 2. The number of alkyl carbamates (subject to hydrolysis) is 1. The van der Waals surface area contributed by atoms with Crippen LogP contribution < -0.4 is 10.6 Å². The number of hydrogen-bond donors (Lipinski definition) is 3. The second kappa shape index (κ2) is 15.0. The van der Waals surface area contributed by atoms with E-state index < -0.39 is 59.8 Å². The summed E-state index contributed by atoms with van der Waals surface area (Å²) in [5.74, 6) is -1.01. The molecule has 3 aliphatic heterocycles. The average molecular weight is 652 g/mol. The minimum absolute atomic E-state index is 0.00983. The molecule has 0 aromatic heterocycles. The maximum Gasteiger partial charge on any atom is 0.409 e. The van der Waals surface area contributed by atoms with Gasteiger partial charge in [0.15, 0.2) is 5.72 Å². The molecule has 1 unspecified atom stereocenters. The predicted octanol–water partition coefficient (Wildman–Crippen LogP) is 3.42. The van der Waals surface area contributed by atoms with Crippen molar-refractivity contribution >= 4 is 29.6 Å². The predicted molar refractivity (Wildman–Crippen MR) is 168 cm³/mol. The Kier molecular flexibility index (Phi) is 12.1. The fourth-order valence-electron chi connectivity index (χ4n) is 5.58. The van der Waals surface area contributed by atoms with E-state index in [9.17, 15) is 19.5 Å². The van der Waals surface area contributed by atoms with E-state index in [1.54, 1.807) is 52.4 Å². The van der Waals surface area contributed by atoms with Crippen molar-refractivity contribution in [1.29, 1.82) is 0 Å². The number of carbonyl (C=O) groups is 3. The van der Waals surface area contributed by atoms with Crippen LogP contribution >= 0.6 is 11.6 Å². The van der Waals surface area contributed by atoms with Gasteiger partial charge in [0, 0.05) is 32.7 Å². The van der Waals surface area contributed by atoms with Crippen LogP contribution in [-0.4, -0.2) is 98.1 Å². The summed E-state index contributed by atoms with van der Waals surface area (Å²) in [4.78, 5) is 40.7. The highest BCUT2D eigenvalue weighted by Crippen LogP contribution is 2.49. The number of esters is 1. The molecule has 0 spiro atoms. The molecule has 0 aromatic rings. The largest absolute Gasteiger partial charge is 0.495 e. The van der Waals surface area contributed by atoms with E-state index in [1.807, 2.05) is 19.9 Å². The van der Waals surface area contributed by atoms with Crippen molar-refractivity contribution in [3.8, 4) is 0 Å². The van der Waals surface area contributed by atoms with Gasteiger partial charge in [0.2, 0.25) is 5.91 Å². The highest BCUT2D eigenvalue weighted by Gasteiger charge is 2.64. The summed E-state index contributed by atoms with van der Waals surface area (Å²) in [5.41, 5.74) is -1.31. The molecule has 250 valence electrons. The van der Waals surface area contributed by atoms with E-state index in [4.69, 9.17) is 35.3 Å². The third kappa shape index (κ3) is 8.76. The smallest absolute Gasteiger partial charge is 0.409 e. The maximum atomic E-state index is 13.6. The van der Waals surface area contributed by atoms with Crippen LogP contribution in [0.2, 0.25) is 0 Å². The molecule has 2 fully saturated rings. The number of nitrogens with zero attached hydrogens (tertiary/aromatic N) is 1. The van der Waals surface area contributed by atoms with E-state index in [1.165, 1.54) is 19.1 Å². The van der Waals surface area contributed by atoms with E-state index >= 15 is 0 Å². The van der Waals surface area contributed by atoms with Crippen LogP contribution in [0.25, 0.3) is 0 Å².